The Morgan fingerprint density at radius 2 is 2.11 bits per heavy atom. The third-order valence-corrected chi connectivity index (χ3v) is 2.79. The van der Waals surface area contributed by atoms with E-state index >= 15 is 0 Å². The summed E-state index contributed by atoms with van der Waals surface area (Å²) in [5, 5.41) is 7.36. The monoisotopic (exact) mass is 251 g/mol. The highest BCUT2D eigenvalue weighted by Gasteiger charge is 2.11. The van der Waals surface area contributed by atoms with E-state index in [1.807, 2.05) is 26.2 Å². The standard InChI is InChI=1S/C13H15F2N3/c1-9(12-4-3-10(14)7-13(12)15)16-8-11-5-6-18(2)17-11/h3-7,9,16H,8H2,1-2H3. The fraction of sp³-hybridized carbons (Fsp3) is 0.308. The number of hydrogen-bond donors (Lipinski definition) is 1. The normalized spacial score (nSPS) is 12.7. The topological polar surface area (TPSA) is 29.9 Å². The van der Waals surface area contributed by atoms with E-state index in [0.717, 1.165) is 11.8 Å². The molecule has 0 bridgehead atoms. The molecule has 18 heavy (non-hydrogen) atoms. The highest BCUT2D eigenvalue weighted by Crippen LogP contribution is 2.17. The van der Waals surface area contributed by atoms with Gasteiger partial charge in [-0.15, -0.1) is 0 Å². The molecule has 0 aliphatic carbocycles. The van der Waals surface area contributed by atoms with Crippen LogP contribution in [0.15, 0.2) is 30.5 Å². The molecule has 1 N–H and O–H groups in total. The number of aromatic nitrogens is 2. The molecular weight excluding hydrogens is 236 g/mol. The van der Waals surface area contributed by atoms with Crippen LogP contribution in [0.5, 0.6) is 0 Å². The first-order valence-corrected chi connectivity index (χ1v) is 5.73. The summed E-state index contributed by atoms with van der Waals surface area (Å²) in [5.41, 5.74) is 1.33. The van der Waals surface area contributed by atoms with Gasteiger partial charge in [0.2, 0.25) is 0 Å². The summed E-state index contributed by atoms with van der Waals surface area (Å²) >= 11 is 0. The quantitative estimate of drug-likeness (QED) is 0.905. The number of nitrogens with zero attached hydrogens (tertiary/aromatic N) is 2. The highest BCUT2D eigenvalue weighted by molar-refractivity contribution is 5.21. The maximum atomic E-state index is 13.5. The smallest absolute Gasteiger partial charge is 0.130 e. The summed E-state index contributed by atoms with van der Waals surface area (Å²) in [6, 6.07) is 5.31. The van der Waals surface area contributed by atoms with Gasteiger partial charge in [0.05, 0.1) is 5.69 Å². The lowest BCUT2D eigenvalue weighted by molar-refractivity contribution is 0.513. The molecule has 0 aliphatic rings. The average molecular weight is 251 g/mol. The molecule has 0 spiro atoms. The van der Waals surface area contributed by atoms with Crippen molar-refractivity contribution in [3.63, 3.8) is 0 Å². The van der Waals surface area contributed by atoms with Crippen molar-refractivity contribution in [3.8, 4) is 0 Å². The minimum absolute atomic E-state index is 0.201. The Labute approximate surface area is 104 Å². The molecule has 0 fully saturated rings. The lowest BCUT2D eigenvalue weighted by atomic mass is 10.1. The first-order valence-electron chi connectivity index (χ1n) is 5.73. The van der Waals surface area contributed by atoms with Crippen LogP contribution in [-0.4, -0.2) is 9.78 Å². The van der Waals surface area contributed by atoms with E-state index in [1.165, 1.54) is 12.1 Å². The predicted molar refractivity (Wildman–Crippen MR) is 64.8 cm³/mol. The summed E-state index contributed by atoms with van der Waals surface area (Å²) in [6.45, 7) is 2.37. The van der Waals surface area contributed by atoms with Crippen molar-refractivity contribution in [2.75, 3.05) is 0 Å². The maximum absolute atomic E-state index is 13.5. The highest BCUT2D eigenvalue weighted by atomic mass is 19.1. The van der Waals surface area contributed by atoms with Gasteiger partial charge < -0.3 is 5.32 Å². The number of halogens is 2. The zero-order valence-electron chi connectivity index (χ0n) is 10.3. The fourth-order valence-corrected chi connectivity index (χ4v) is 1.78. The third-order valence-electron chi connectivity index (χ3n) is 2.79. The summed E-state index contributed by atoms with van der Waals surface area (Å²) < 4.78 is 28.0. The number of aryl methyl sites for hydroxylation is 1. The molecular formula is C13H15F2N3. The second kappa shape index (κ2) is 5.27. The molecule has 2 aromatic rings. The zero-order valence-corrected chi connectivity index (χ0v) is 10.3. The summed E-state index contributed by atoms with van der Waals surface area (Å²) in [6.07, 6.45) is 1.85. The predicted octanol–water partition coefficient (Wildman–Crippen LogP) is 2.55. The van der Waals surface area contributed by atoms with Crippen molar-refractivity contribution in [2.45, 2.75) is 19.5 Å². The van der Waals surface area contributed by atoms with Crippen molar-refractivity contribution < 1.29 is 8.78 Å². The van der Waals surface area contributed by atoms with Crippen molar-refractivity contribution in [1.82, 2.24) is 15.1 Å². The first-order chi connectivity index (χ1) is 8.56. The Morgan fingerprint density at radius 3 is 2.72 bits per heavy atom. The van der Waals surface area contributed by atoms with Gasteiger partial charge in [-0.1, -0.05) is 6.07 Å². The van der Waals surface area contributed by atoms with Gasteiger partial charge in [-0.05, 0) is 19.1 Å². The van der Waals surface area contributed by atoms with E-state index in [0.29, 0.717) is 12.1 Å². The number of benzene rings is 1. The number of rotatable bonds is 4. The Balaban J connectivity index is 2.01. The zero-order chi connectivity index (χ0) is 13.1. The lowest BCUT2D eigenvalue weighted by Crippen LogP contribution is -2.19. The molecule has 0 aliphatic heterocycles. The molecule has 3 nitrogen and oxygen atoms in total. The molecule has 5 heteroatoms. The lowest BCUT2D eigenvalue weighted by Gasteiger charge is -2.14. The molecule has 0 radical (unpaired) electrons. The van der Waals surface area contributed by atoms with Crippen molar-refractivity contribution >= 4 is 0 Å². The second-order valence-corrected chi connectivity index (χ2v) is 4.25. The molecule has 1 atom stereocenters. The molecule has 1 unspecified atom stereocenters. The Morgan fingerprint density at radius 1 is 1.33 bits per heavy atom. The minimum Gasteiger partial charge on any atom is -0.304 e. The van der Waals surface area contributed by atoms with Gasteiger partial charge in [-0.3, -0.25) is 4.68 Å². The molecule has 96 valence electrons. The van der Waals surface area contributed by atoms with Crippen LogP contribution in [0.25, 0.3) is 0 Å². The van der Waals surface area contributed by atoms with Gasteiger partial charge in [0.15, 0.2) is 0 Å². The number of nitrogens with one attached hydrogen (secondary N) is 1. The van der Waals surface area contributed by atoms with E-state index in [4.69, 9.17) is 0 Å². The van der Waals surface area contributed by atoms with Crippen LogP contribution in [-0.2, 0) is 13.6 Å². The van der Waals surface area contributed by atoms with Crippen molar-refractivity contribution in [2.24, 2.45) is 7.05 Å². The van der Waals surface area contributed by atoms with E-state index in [9.17, 15) is 8.78 Å². The second-order valence-electron chi connectivity index (χ2n) is 4.25. The largest absolute Gasteiger partial charge is 0.304 e. The minimum atomic E-state index is -0.562. The van der Waals surface area contributed by atoms with Crippen LogP contribution in [0.4, 0.5) is 8.78 Å². The van der Waals surface area contributed by atoms with Gasteiger partial charge >= 0.3 is 0 Å². The van der Waals surface area contributed by atoms with Crippen LogP contribution in [0, 0.1) is 11.6 Å². The molecule has 1 heterocycles. The summed E-state index contributed by atoms with van der Waals surface area (Å²) in [4.78, 5) is 0. The van der Waals surface area contributed by atoms with Crippen molar-refractivity contribution in [1.29, 1.82) is 0 Å². The SMILES string of the molecule is CC(NCc1ccn(C)n1)c1ccc(F)cc1F. The number of hydrogen-bond acceptors (Lipinski definition) is 2. The van der Waals surface area contributed by atoms with Gasteiger partial charge in [0.1, 0.15) is 11.6 Å². The van der Waals surface area contributed by atoms with E-state index in [-0.39, 0.29) is 6.04 Å². The fourth-order valence-electron chi connectivity index (χ4n) is 1.78. The third kappa shape index (κ3) is 2.92. The van der Waals surface area contributed by atoms with Crippen LogP contribution in [0.1, 0.15) is 24.2 Å². The van der Waals surface area contributed by atoms with Gasteiger partial charge in [-0.25, -0.2) is 8.78 Å². The van der Waals surface area contributed by atoms with Gasteiger partial charge in [0, 0.05) is 37.5 Å². The van der Waals surface area contributed by atoms with Crippen LogP contribution >= 0.6 is 0 Å². The van der Waals surface area contributed by atoms with Crippen LogP contribution in [0.2, 0.25) is 0 Å². The van der Waals surface area contributed by atoms with E-state index in [2.05, 4.69) is 10.4 Å². The molecule has 2 rings (SSSR count). The molecule has 1 aromatic heterocycles. The molecule has 0 amide bonds. The Bertz CT molecular complexity index is 537. The molecule has 0 saturated carbocycles. The Kier molecular flexibility index (Phi) is 3.72. The van der Waals surface area contributed by atoms with E-state index in [1.54, 1.807) is 4.68 Å². The van der Waals surface area contributed by atoms with Crippen molar-refractivity contribution in [3.05, 3.63) is 53.4 Å². The van der Waals surface area contributed by atoms with Gasteiger partial charge in [-0.2, -0.15) is 5.10 Å². The molecule has 0 saturated heterocycles. The van der Waals surface area contributed by atoms with E-state index < -0.39 is 11.6 Å². The average Bonchev–Trinajstić information content (AvgIpc) is 2.72. The van der Waals surface area contributed by atoms with Crippen LogP contribution in [0.3, 0.4) is 0 Å². The maximum Gasteiger partial charge on any atom is 0.130 e. The van der Waals surface area contributed by atoms with Gasteiger partial charge in [0.25, 0.3) is 0 Å². The van der Waals surface area contributed by atoms with Crippen LogP contribution < -0.4 is 5.32 Å². The Hall–Kier alpha value is -1.75. The summed E-state index contributed by atoms with van der Waals surface area (Å²) in [5.74, 6) is -1.09. The first kappa shape index (κ1) is 12.7. The molecule has 1 aromatic carbocycles. The summed E-state index contributed by atoms with van der Waals surface area (Å²) in [7, 11) is 1.84.